The molecular weight excluding hydrogens is 320 g/mol. The van der Waals surface area contributed by atoms with Gasteiger partial charge in [0, 0.05) is 32.2 Å². The monoisotopic (exact) mass is 348 g/mol. The van der Waals surface area contributed by atoms with E-state index in [0.717, 1.165) is 45.6 Å². The van der Waals surface area contributed by atoms with Gasteiger partial charge in [-0.3, -0.25) is 10.1 Å². The predicted octanol–water partition coefficient (Wildman–Crippen LogP) is 2.58. The number of hydrogen-bond acceptors (Lipinski definition) is 7. The summed E-state index contributed by atoms with van der Waals surface area (Å²) in [5.41, 5.74) is 0.452. The molecule has 0 spiro atoms. The van der Waals surface area contributed by atoms with Gasteiger partial charge in [0.15, 0.2) is 0 Å². The Morgan fingerprint density at radius 1 is 1.16 bits per heavy atom. The summed E-state index contributed by atoms with van der Waals surface area (Å²) in [4.78, 5) is 24.7. The first-order valence-electron chi connectivity index (χ1n) is 9.35. The van der Waals surface area contributed by atoms with E-state index in [1.54, 1.807) is 6.92 Å². The highest BCUT2D eigenvalue weighted by atomic mass is 16.6. The molecule has 3 rings (SSSR count). The van der Waals surface area contributed by atoms with Gasteiger partial charge in [-0.2, -0.15) is 4.98 Å². The summed E-state index contributed by atoms with van der Waals surface area (Å²) >= 11 is 0. The smallest absolute Gasteiger partial charge is 0.332 e. The van der Waals surface area contributed by atoms with Crippen LogP contribution in [0, 0.1) is 17.0 Å². The van der Waals surface area contributed by atoms with Gasteiger partial charge in [-0.05, 0) is 26.3 Å². The number of likely N-dealkylation sites (N-methyl/N-ethyl adjacent to an activating group) is 1. The molecule has 2 aliphatic rings. The minimum Gasteiger partial charge on any atom is -0.361 e. The summed E-state index contributed by atoms with van der Waals surface area (Å²) < 4.78 is 0. The summed E-state index contributed by atoms with van der Waals surface area (Å²) in [6, 6.07) is 0.270. The standard InChI is InChI=1S/C17H28N6O2/c1-3-21-9-11-22(12-10-21)17-18-13(2)15(23(24)25)16(20-17)19-14-7-5-4-6-8-14/h14H,3-12H2,1-2H3,(H,18,19,20). The van der Waals surface area contributed by atoms with Crippen LogP contribution < -0.4 is 10.2 Å². The van der Waals surface area contributed by atoms with Crippen LogP contribution in [0.5, 0.6) is 0 Å². The number of aromatic nitrogens is 2. The van der Waals surface area contributed by atoms with E-state index in [0.29, 0.717) is 17.5 Å². The fourth-order valence-corrected chi connectivity index (χ4v) is 3.72. The second-order valence-electron chi connectivity index (χ2n) is 6.96. The van der Waals surface area contributed by atoms with Crippen LogP contribution in [-0.4, -0.2) is 58.6 Å². The molecule has 0 unspecified atom stereocenters. The summed E-state index contributed by atoms with van der Waals surface area (Å²) in [6.45, 7) is 8.57. The first-order valence-corrected chi connectivity index (χ1v) is 9.35. The SMILES string of the molecule is CCN1CCN(c2nc(C)c([N+](=O)[O-])c(NC3CCCCC3)n2)CC1. The average molecular weight is 348 g/mol. The summed E-state index contributed by atoms with van der Waals surface area (Å²) in [7, 11) is 0. The number of nitrogens with zero attached hydrogens (tertiary/aromatic N) is 5. The third-order valence-corrected chi connectivity index (χ3v) is 5.28. The summed E-state index contributed by atoms with van der Waals surface area (Å²) in [5, 5.41) is 14.9. The van der Waals surface area contributed by atoms with Crippen molar-refractivity contribution in [3.63, 3.8) is 0 Å². The maximum Gasteiger partial charge on any atom is 0.332 e. The molecule has 8 nitrogen and oxygen atoms in total. The Hall–Kier alpha value is -1.96. The molecule has 0 amide bonds. The lowest BCUT2D eigenvalue weighted by Gasteiger charge is -2.34. The van der Waals surface area contributed by atoms with E-state index in [1.807, 2.05) is 0 Å². The third kappa shape index (κ3) is 4.18. The first kappa shape index (κ1) is 17.8. The number of anilines is 2. The highest BCUT2D eigenvalue weighted by Crippen LogP contribution is 2.30. The number of nitrogens with one attached hydrogen (secondary N) is 1. The predicted molar refractivity (Wildman–Crippen MR) is 98.2 cm³/mol. The molecule has 1 saturated heterocycles. The van der Waals surface area contributed by atoms with Crippen molar-refractivity contribution in [2.24, 2.45) is 0 Å². The molecule has 8 heteroatoms. The van der Waals surface area contributed by atoms with Gasteiger partial charge < -0.3 is 15.1 Å². The quantitative estimate of drug-likeness (QED) is 0.646. The van der Waals surface area contributed by atoms with Crippen LogP contribution in [0.2, 0.25) is 0 Å². The van der Waals surface area contributed by atoms with Crippen LogP contribution in [0.15, 0.2) is 0 Å². The number of hydrogen-bond donors (Lipinski definition) is 1. The van der Waals surface area contributed by atoms with Gasteiger partial charge >= 0.3 is 5.69 Å². The minimum absolute atomic E-state index is 0.0153. The topological polar surface area (TPSA) is 87.4 Å². The molecular formula is C17H28N6O2. The lowest BCUT2D eigenvalue weighted by Crippen LogP contribution is -2.46. The van der Waals surface area contributed by atoms with Crippen molar-refractivity contribution in [1.29, 1.82) is 0 Å². The molecule has 0 bridgehead atoms. The lowest BCUT2D eigenvalue weighted by molar-refractivity contribution is -0.385. The number of rotatable bonds is 5. The Labute approximate surface area is 148 Å². The van der Waals surface area contributed by atoms with E-state index in [-0.39, 0.29) is 16.7 Å². The molecule has 0 aromatic carbocycles. The lowest BCUT2D eigenvalue weighted by atomic mass is 9.95. The van der Waals surface area contributed by atoms with Gasteiger partial charge in [0.05, 0.1) is 4.92 Å². The van der Waals surface area contributed by atoms with Crippen molar-refractivity contribution in [2.75, 3.05) is 42.9 Å². The molecule has 2 heterocycles. The molecule has 1 saturated carbocycles. The second-order valence-corrected chi connectivity index (χ2v) is 6.96. The van der Waals surface area contributed by atoms with Crippen LogP contribution in [0.25, 0.3) is 0 Å². The van der Waals surface area contributed by atoms with Crippen molar-refractivity contribution in [2.45, 2.75) is 52.0 Å². The van der Waals surface area contributed by atoms with Gasteiger partial charge in [0.25, 0.3) is 0 Å². The van der Waals surface area contributed by atoms with Crippen LogP contribution in [-0.2, 0) is 0 Å². The van der Waals surface area contributed by atoms with Gasteiger partial charge in [-0.1, -0.05) is 26.2 Å². The molecule has 1 N–H and O–H groups in total. The normalized spacial score (nSPS) is 19.8. The fraction of sp³-hybridized carbons (Fsp3) is 0.765. The highest BCUT2D eigenvalue weighted by Gasteiger charge is 2.27. The van der Waals surface area contributed by atoms with Crippen molar-refractivity contribution in [3.05, 3.63) is 15.8 Å². The van der Waals surface area contributed by atoms with Gasteiger partial charge in [0.2, 0.25) is 11.8 Å². The number of aryl methyl sites for hydroxylation is 1. The van der Waals surface area contributed by atoms with Gasteiger partial charge in [-0.25, -0.2) is 4.98 Å². The molecule has 0 radical (unpaired) electrons. The first-order chi connectivity index (χ1) is 12.1. The van der Waals surface area contributed by atoms with Crippen molar-refractivity contribution in [3.8, 4) is 0 Å². The molecule has 1 aliphatic heterocycles. The van der Waals surface area contributed by atoms with E-state index in [1.165, 1.54) is 19.3 Å². The van der Waals surface area contributed by atoms with Crippen LogP contribution in [0.1, 0.15) is 44.7 Å². The van der Waals surface area contributed by atoms with Crippen molar-refractivity contribution >= 4 is 17.5 Å². The molecule has 138 valence electrons. The Balaban J connectivity index is 1.83. The van der Waals surface area contributed by atoms with Crippen LogP contribution in [0.3, 0.4) is 0 Å². The fourth-order valence-electron chi connectivity index (χ4n) is 3.72. The maximum absolute atomic E-state index is 11.5. The third-order valence-electron chi connectivity index (χ3n) is 5.28. The van der Waals surface area contributed by atoms with Crippen LogP contribution >= 0.6 is 0 Å². The van der Waals surface area contributed by atoms with E-state index >= 15 is 0 Å². The van der Waals surface area contributed by atoms with E-state index in [2.05, 4.69) is 32.0 Å². The number of piperazine rings is 1. The second kappa shape index (κ2) is 7.95. The summed E-state index contributed by atoms with van der Waals surface area (Å²) in [5.74, 6) is 0.995. The van der Waals surface area contributed by atoms with Gasteiger partial charge in [0.1, 0.15) is 5.69 Å². The summed E-state index contributed by atoms with van der Waals surface area (Å²) in [6.07, 6.45) is 5.67. The zero-order valence-electron chi connectivity index (χ0n) is 15.2. The Bertz CT molecular complexity index is 609. The van der Waals surface area contributed by atoms with E-state index in [9.17, 15) is 10.1 Å². The molecule has 1 aromatic rings. The zero-order chi connectivity index (χ0) is 17.8. The van der Waals surface area contributed by atoms with E-state index < -0.39 is 0 Å². The van der Waals surface area contributed by atoms with E-state index in [4.69, 9.17) is 0 Å². The number of nitro groups is 1. The largest absolute Gasteiger partial charge is 0.361 e. The molecule has 1 aromatic heterocycles. The highest BCUT2D eigenvalue weighted by molar-refractivity contribution is 5.61. The minimum atomic E-state index is -0.362. The van der Waals surface area contributed by atoms with Crippen LogP contribution in [0.4, 0.5) is 17.5 Å². The average Bonchev–Trinajstić information content (AvgIpc) is 2.62. The molecule has 1 aliphatic carbocycles. The zero-order valence-corrected chi connectivity index (χ0v) is 15.2. The Morgan fingerprint density at radius 3 is 2.44 bits per heavy atom. The maximum atomic E-state index is 11.5. The van der Waals surface area contributed by atoms with Crippen molar-refractivity contribution < 1.29 is 4.92 Å². The Kier molecular flexibility index (Phi) is 5.67. The molecule has 0 atom stereocenters. The Morgan fingerprint density at radius 2 is 1.84 bits per heavy atom. The molecule has 2 fully saturated rings. The molecule has 25 heavy (non-hydrogen) atoms. The van der Waals surface area contributed by atoms with Crippen molar-refractivity contribution in [1.82, 2.24) is 14.9 Å². The van der Waals surface area contributed by atoms with Gasteiger partial charge in [-0.15, -0.1) is 0 Å².